The first-order valence-corrected chi connectivity index (χ1v) is 6.59. The van der Waals surface area contributed by atoms with E-state index >= 15 is 0 Å². The van der Waals surface area contributed by atoms with Crippen LogP contribution in [0.5, 0.6) is 0 Å². The van der Waals surface area contributed by atoms with Gasteiger partial charge in [0.2, 0.25) is 10.0 Å². The van der Waals surface area contributed by atoms with Crippen molar-refractivity contribution in [1.29, 1.82) is 5.26 Å². The molecule has 0 bridgehead atoms. The molecule has 0 saturated carbocycles. The summed E-state index contributed by atoms with van der Waals surface area (Å²) in [5.74, 6) is -0.478. The van der Waals surface area contributed by atoms with E-state index in [1.807, 2.05) is 10.8 Å². The monoisotopic (exact) mass is 242 g/mol. The third-order valence-corrected chi connectivity index (χ3v) is 3.13. The Morgan fingerprint density at radius 2 is 2.25 bits per heavy atom. The first kappa shape index (κ1) is 12.7. The van der Waals surface area contributed by atoms with Crippen molar-refractivity contribution in [1.82, 2.24) is 14.3 Å². The van der Waals surface area contributed by atoms with Gasteiger partial charge in [-0.25, -0.2) is 18.1 Å². The lowest BCUT2D eigenvalue weighted by Crippen LogP contribution is -2.26. The Balaban J connectivity index is 2.11. The average molecular weight is 242 g/mol. The van der Waals surface area contributed by atoms with E-state index in [0.29, 0.717) is 6.54 Å². The zero-order valence-electron chi connectivity index (χ0n) is 8.83. The van der Waals surface area contributed by atoms with Gasteiger partial charge in [-0.15, -0.1) is 0 Å². The van der Waals surface area contributed by atoms with Gasteiger partial charge in [0.15, 0.2) is 5.75 Å². The summed E-state index contributed by atoms with van der Waals surface area (Å²) in [5.41, 5.74) is 0. The molecule has 1 N–H and O–H groups in total. The predicted molar refractivity (Wildman–Crippen MR) is 58.9 cm³/mol. The number of hydrogen-bond acceptors (Lipinski definition) is 4. The smallest absolute Gasteiger partial charge is 0.225 e. The Bertz CT molecular complexity index is 433. The number of unbranched alkanes of at least 4 members (excludes halogenated alkanes) is 1. The zero-order valence-corrected chi connectivity index (χ0v) is 9.65. The number of hydrogen-bond donors (Lipinski definition) is 1. The molecule has 0 amide bonds. The van der Waals surface area contributed by atoms with Crippen molar-refractivity contribution in [3.8, 4) is 6.07 Å². The van der Waals surface area contributed by atoms with Crippen LogP contribution in [0.4, 0.5) is 0 Å². The predicted octanol–water partition coefficient (Wildman–Crippen LogP) is 0.106. The summed E-state index contributed by atoms with van der Waals surface area (Å²) in [5, 5.41) is 8.25. The molecule has 1 aromatic rings. The number of nitriles is 1. The highest BCUT2D eigenvalue weighted by molar-refractivity contribution is 7.89. The summed E-state index contributed by atoms with van der Waals surface area (Å²) in [7, 11) is -3.40. The van der Waals surface area contributed by atoms with Gasteiger partial charge in [0.25, 0.3) is 0 Å². The van der Waals surface area contributed by atoms with Gasteiger partial charge in [-0.05, 0) is 12.8 Å². The second-order valence-electron chi connectivity index (χ2n) is 3.32. The number of sulfonamides is 1. The molecule has 88 valence electrons. The number of rotatable bonds is 7. The van der Waals surface area contributed by atoms with Crippen LogP contribution in [0.2, 0.25) is 0 Å². The van der Waals surface area contributed by atoms with E-state index in [1.165, 1.54) is 0 Å². The molecular weight excluding hydrogens is 228 g/mol. The van der Waals surface area contributed by atoms with Gasteiger partial charge in [-0.3, -0.25) is 0 Å². The molecule has 0 aromatic carbocycles. The largest absolute Gasteiger partial charge is 0.337 e. The highest BCUT2D eigenvalue weighted by Crippen LogP contribution is 1.94. The molecule has 0 radical (unpaired) electrons. The molecular formula is C9H14N4O2S. The minimum atomic E-state index is -3.40. The summed E-state index contributed by atoms with van der Waals surface area (Å²) >= 11 is 0. The van der Waals surface area contributed by atoms with Crippen LogP contribution in [0.15, 0.2) is 18.7 Å². The molecule has 0 fully saturated rings. The van der Waals surface area contributed by atoms with Gasteiger partial charge in [-0.2, -0.15) is 5.26 Å². The number of aromatic nitrogens is 2. The Hall–Kier alpha value is -1.39. The average Bonchev–Trinajstić information content (AvgIpc) is 2.69. The number of nitrogens with zero attached hydrogens (tertiary/aromatic N) is 3. The van der Waals surface area contributed by atoms with Gasteiger partial charge < -0.3 is 4.57 Å². The van der Waals surface area contributed by atoms with Crippen LogP contribution >= 0.6 is 0 Å². The van der Waals surface area contributed by atoms with E-state index in [0.717, 1.165) is 19.4 Å². The number of nitrogens with one attached hydrogen (secondary N) is 1. The standard InChI is InChI=1S/C9H14N4O2S/c10-3-8-16(14,15)12-4-1-2-6-13-7-5-11-9-13/h5,7,9,12H,1-2,4,6,8H2. The van der Waals surface area contributed by atoms with Crippen LogP contribution in [-0.4, -0.2) is 30.3 Å². The lowest BCUT2D eigenvalue weighted by molar-refractivity contribution is 0.568. The lowest BCUT2D eigenvalue weighted by Gasteiger charge is -2.04. The minimum Gasteiger partial charge on any atom is -0.337 e. The fourth-order valence-corrected chi connectivity index (χ4v) is 1.93. The second-order valence-corrected chi connectivity index (χ2v) is 5.13. The molecule has 1 rings (SSSR count). The van der Waals surface area contributed by atoms with Crippen molar-refractivity contribution < 1.29 is 8.42 Å². The van der Waals surface area contributed by atoms with Crippen molar-refractivity contribution in [3.05, 3.63) is 18.7 Å². The number of aryl methyl sites for hydroxylation is 1. The normalized spacial score (nSPS) is 11.2. The molecule has 16 heavy (non-hydrogen) atoms. The van der Waals surface area contributed by atoms with Crippen molar-refractivity contribution in [2.75, 3.05) is 12.3 Å². The van der Waals surface area contributed by atoms with E-state index in [1.54, 1.807) is 18.6 Å². The first-order valence-electron chi connectivity index (χ1n) is 4.94. The lowest BCUT2D eigenvalue weighted by atomic mass is 10.3. The summed E-state index contributed by atoms with van der Waals surface area (Å²) in [4.78, 5) is 3.90. The van der Waals surface area contributed by atoms with Crippen LogP contribution in [0.3, 0.4) is 0 Å². The zero-order chi connectivity index (χ0) is 11.9. The maximum absolute atomic E-state index is 11.1. The quantitative estimate of drug-likeness (QED) is 0.687. The van der Waals surface area contributed by atoms with Gasteiger partial charge in [0, 0.05) is 25.5 Å². The maximum Gasteiger partial charge on any atom is 0.225 e. The van der Waals surface area contributed by atoms with Gasteiger partial charge >= 0.3 is 0 Å². The van der Waals surface area contributed by atoms with Crippen molar-refractivity contribution in [2.24, 2.45) is 0 Å². The van der Waals surface area contributed by atoms with Crippen molar-refractivity contribution in [3.63, 3.8) is 0 Å². The van der Waals surface area contributed by atoms with Crippen molar-refractivity contribution >= 4 is 10.0 Å². The fourth-order valence-electron chi connectivity index (χ4n) is 1.20. The third-order valence-electron chi connectivity index (χ3n) is 1.98. The highest BCUT2D eigenvalue weighted by Gasteiger charge is 2.07. The minimum absolute atomic E-state index is 0.374. The SMILES string of the molecule is N#CCS(=O)(=O)NCCCCn1ccnc1. The number of imidazole rings is 1. The molecule has 0 spiro atoms. The Kier molecular flexibility index (Phi) is 4.95. The first-order chi connectivity index (χ1) is 7.64. The van der Waals surface area contributed by atoms with E-state index in [4.69, 9.17) is 5.26 Å². The summed E-state index contributed by atoms with van der Waals surface area (Å²) in [6.45, 7) is 1.19. The highest BCUT2D eigenvalue weighted by atomic mass is 32.2. The van der Waals surface area contributed by atoms with E-state index in [9.17, 15) is 8.42 Å². The molecule has 1 heterocycles. The van der Waals surface area contributed by atoms with E-state index < -0.39 is 15.8 Å². The summed E-state index contributed by atoms with van der Waals surface area (Å²) in [6.07, 6.45) is 6.89. The molecule has 0 saturated heterocycles. The van der Waals surface area contributed by atoms with E-state index in [-0.39, 0.29) is 0 Å². The Morgan fingerprint density at radius 3 is 2.88 bits per heavy atom. The van der Waals surface area contributed by atoms with Crippen LogP contribution in [0, 0.1) is 11.3 Å². The van der Waals surface area contributed by atoms with Crippen LogP contribution in [0.25, 0.3) is 0 Å². The molecule has 0 aliphatic heterocycles. The Morgan fingerprint density at radius 1 is 1.44 bits per heavy atom. The molecule has 0 atom stereocenters. The summed E-state index contributed by atoms with van der Waals surface area (Å²) in [6, 6.07) is 1.61. The van der Waals surface area contributed by atoms with Gasteiger partial charge in [-0.1, -0.05) is 0 Å². The van der Waals surface area contributed by atoms with Crippen LogP contribution in [0.1, 0.15) is 12.8 Å². The molecule has 6 nitrogen and oxygen atoms in total. The van der Waals surface area contributed by atoms with Crippen molar-refractivity contribution in [2.45, 2.75) is 19.4 Å². The Labute approximate surface area is 95.0 Å². The van der Waals surface area contributed by atoms with Crippen LogP contribution in [-0.2, 0) is 16.6 Å². The molecule has 0 unspecified atom stereocenters. The molecule has 1 aromatic heterocycles. The fraction of sp³-hybridized carbons (Fsp3) is 0.556. The second kappa shape index (κ2) is 6.25. The summed E-state index contributed by atoms with van der Waals surface area (Å²) < 4.78 is 26.4. The van der Waals surface area contributed by atoms with Gasteiger partial charge in [0.1, 0.15) is 0 Å². The molecule has 0 aliphatic carbocycles. The molecule has 0 aliphatic rings. The maximum atomic E-state index is 11.1. The van der Waals surface area contributed by atoms with E-state index in [2.05, 4.69) is 9.71 Å². The topological polar surface area (TPSA) is 87.8 Å². The van der Waals surface area contributed by atoms with Crippen LogP contribution < -0.4 is 4.72 Å². The third kappa shape index (κ3) is 4.91. The van der Waals surface area contributed by atoms with Gasteiger partial charge in [0.05, 0.1) is 12.4 Å². The molecule has 7 heteroatoms.